The molecule has 1 aromatic carbocycles. The van der Waals surface area contributed by atoms with Crippen molar-refractivity contribution < 1.29 is 4.74 Å². The molecular weight excluding hydrogens is 256 g/mol. The van der Waals surface area contributed by atoms with E-state index in [1.165, 1.54) is 25.7 Å². The number of fused-ring (bicyclic) bond motifs is 1. The molecule has 3 rings (SSSR count). The molecule has 0 saturated heterocycles. The number of aromatic nitrogens is 2. The lowest BCUT2D eigenvalue weighted by atomic mass is 10.0. The van der Waals surface area contributed by atoms with Crippen molar-refractivity contribution in [3.05, 3.63) is 23.0 Å². The monoisotopic (exact) mass is 276 g/mol. The maximum Gasteiger partial charge on any atom is 0.178 e. The quantitative estimate of drug-likeness (QED) is 0.826. The highest BCUT2D eigenvalue weighted by atomic mass is 32.1. The lowest BCUT2D eigenvalue weighted by molar-refractivity contribution is 0.390. The van der Waals surface area contributed by atoms with Crippen molar-refractivity contribution >= 4 is 23.3 Å². The molecule has 0 aliphatic heterocycles. The third-order valence-electron chi connectivity index (χ3n) is 4.21. The van der Waals surface area contributed by atoms with Gasteiger partial charge in [0.2, 0.25) is 0 Å². The summed E-state index contributed by atoms with van der Waals surface area (Å²) in [5.74, 6) is 0.885. The highest BCUT2D eigenvalue weighted by Crippen LogP contribution is 2.51. The number of nitrogens with one attached hydrogen (secondary N) is 1. The normalized spacial score (nSPS) is 16.7. The molecule has 19 heavy (non-hydrogen) atoms. The van der Waals surface area contributed by atoms with Gasteiger partial charge in [0, 0.05) is 12.6 Å². The van der Waals surface area contributed by atoms with Crippen LogP contribution < -0.4 is 4.74 Å². The van der Waals surface area contributed by atoms with Crippen LogP contribution in [0, 0.1) is 10.2 Å². The van der Waals surface area contributed by atoms with Gasteiger partial charge in [-0.3, -0.25) is 0 Å². The molecule has 1 aliphatic carbocycles. The predicted molar refractivity (Wildman–Crippen MR) is 80.2 cm³/mol. The van der Waals surface area contributed by atoms with E-state index in [0.717, 1.165) is 28.1 Å². The van der Waals surface area contributed by atoms with E-state index < -0.39 is 0 Å². The summed E-state index contributed by atoms with van der Waals surface area (Å²) in [6, 6.07) is 6.08. The lowest BCUT2D eigenvalue weighted by Crippen LogP contribution is -2.11. The Bertz CT molecular complexity index is 652. The van der Waals surface area contributed by atoms with Gasteiger partial charge in [-0.25, -0.2) is 0 Å². The minimum Gasteiger partial charge on any atom is -0.497 e. The zero-order chi connectivity index (χ0) is 13.5. The van der Waals surface area contributed by atoms with Crippen LogP contribution in [-0.4, -0.2) is 16.7 Å². The van der Waals surface area contributed by atoms with Crippen LogP contribution in [0.15, 0.2) is 18.2 Å². The Morgan fingerprint density at radius 2 is 2.21 bits per heavy atom. The topological polar surface area (TPSA) is 29.9 Å². The molecule has 1 N–H and O–H groups in total. The molecule has 1 aromatic heterocycles. The fraction of sp³-hybridized carbons (Fsp3) is 0.533. The third kappa shape index (κ3) is 2.29. The molecule has 0 amide bonds. The molecule has 0 spiro atoms. The molecule has 4 heteroatoms. The van der Waals surface area contributed by atoms with Crippen LogP contribution in [0.1, 0.15) is 32.6 Å². The van der Waals surface area contributed by atoms with Crippen molar-refractivity contribution in [2.75, 3.05) is 7.11 Å². The van der Waals surface area contributed by atoms with Crippen molar-refractivity contribution in [3.63, 3.8) is 0 Å². The minimum absolute atomic E-state index is 0.491. The average molecular weight is 276 g/mol. The molecule has 0 bridgehead atoms. The van der Waals surface area contributed by atoms with Crippen LogP contribution in [0.25, 0.3) is 11.0 Å². The Kier molecular flexibility index (Phi) is 3.13. The summed E-state index contributed by atoms with van der Waals surface area (Å²) < 4.78 is 8.39. The van der Waals surface area contributed by atoms with Crippen LogP contribution in [0.2, 0.25) is 0 Å². The Balaban J connectivity index is 2.02. The van der Waals surface area contributed by atoms with E-state index in [9.17, 15) is 0 Å². The maximum absolute atomic E-state index is 5.48. The van der Waals surface area contributed by atoms with Gasteiger partial charge in [0.05, 0.1) is 18.1 Å². The second kappa shape index (κ2) is 4.67. The van der Waals surface area contributed by atoms with E-state index in [-0.39, 0.29) is 0 Å². The number of benzene rings is 1. The Hall–Kier alpha value is -1.29. The summed E-state index contributed by atoms with van der Waals surface area (Å²) in [7, 11) is 1.70. The van der Waals surface area contributed by atoms with E-state index in [0.29, 0.717) is 5.41 Å². The van der Waals surface area contributed by atoms with Gasteiger partial charge in [-0.15, -0.1) is 0 Å². The lowest BCUT2D eigenvalue weighted by Gasteiger charge is -2.15. The first-order valence-corrected chi connectivity index (χ1v) is 7.35. The molecule has 3 nitrogen and oxygen atoms in total. The van der Waals surface area contributed by atoms with Gasteiger partial charge in [0.25, 0.3) is 0 Å². The number of H-pyrrole nitrogens is 1. The van der Waals surface area contributed by atoms with Gasteiger partial charge in [0.1, 0.15) is 5.75 Å². The number of nitrogens with zero attached hydrogens (tertiary/aromatic N) is 1. The maximum atomic E-state index is 5.48. The Labute approximate surface area is 118 Å². The second-order valence-electron chi connectivity index (χ2n) is 5.65. The Morgan fingerprint density at radius 3 is 2.84 bits per heavy atom. The number of ether oxygens (including phenoxy) is 1. The fourth-order valence-corrected chi connectivity index (χ4v) is 3.22. The van der Waals surface area contributed by atoms with E-state index in [4.69, 9.17) is 17.0 Å². The van der Waals surface area contributed by atoms with Crippen molar-refractivity contribution in [1.29, 1.82) is 0 Å². The van der Waals surface area contributed by atoms with Gasteiger partial charge in [-0.2, -0.15) is 0 Å². The molecule has 1 fully saturated rings. The van der Waals surface area contributed by atoms with E-state index in [1.807, 2.05) is 12.1 Å². The predicted octanol–water partition coefficient (Wildman–Crippen LogP) is 4.29. The number of methoxy groups -OCH3 is 1. The highest BCUT2D eigenvalue weighted by molar-refractivity contribution is 7.71. The molecular formula is C15H20N2OS. The first-order chi connectivity index (χ1) is 9.17. The van der Waals surface area contributed by atoms with Crippen molar-refractivity contribution in [2.45, 2.75) is 39.2 Å². The molecule has 0 atom stereocenters. The van der Waals surface area contributed by atoms with Crippen molar-refractivity contribution in [3.8, 4) is 5.75 Å². The van der Waals surface area contributed by atoms with Gasteiger partial charge in [-0.1, -0.05) is 13.3 Å². The summed E-state index contributed by atoms with van der Waals surface area (Å²) in [5.41, 5.74) is 2.75. The molecule has 0 radical (unpaired) electrons. The smallest absolute Gasteiger partial charge is 0.178 e. The van der Waals surface area contributed by atoms with Crippen LogP contribution in [-0.2, 0) is 6.54 Å². The second-order valence-corrected chi connectivity index (χ2v) is 6.04. The zero-order valence-electron chi connectivity index (χ0n) is 11.5. The van der Waals surface area contributed by atoms with Gasteiger partial charge < -0.3 is 14.3 Å². The summed E-state index contributed by atoms with van der Waals surface area (Å²) in [6.45, 7) is 3.30. The van der Waals surface area contributed by atoms with Gasteiger partial charge in [-0.05, 0) is 49.0 Å². The number of hydrogen-bond acceptors (Lipinski definition) is 2. The van der Waals surface area contributed by atoms with Gasteiger partial charge >= 0.3 is 0 Å². The summed E-state index contributed by atoms with van der Waals surface area (Å²) in [4.78, 5) is 3.29. The third-order valence-corrected chi connectivity index (χ3v) is 4.54. The van der Waals surface area contributed by atoms with Crippen LogP contribution in [0.4, 0.5) is 0 Å². The van der Waals surface area contributed by atoms with Crippen molar-refractivity contribution in [1.82, 2.24) is 9.55 Å². The molecule has 1 aliphatic rings. The summed E-state index contributed by atoms with van der Waals surface area (Å²) >= 11 is 5.48. The van der Waals surface area contributed by atoms with Crippen molar-refractivity contribution in [2.24, 2.45) is 5.41 Å². The number of hydrogen-bond donors (Lipinski definition) is 1. The van der Waals surface area contributed by atoms with Crippen LogP contribution in [0.3, 0.4) is 0 Å². The minimum atomic E-state index is 0.491. The molecule has 102 valence electrons. The number of imidazole rings is 1. The fourth-order valence-electron chi connectivity index (χ4n) is 2.95. The molecule has 1 saturated carbocycles. The number of rotatable bonds is 5. The van der Waals surface area contributed by atoms with E-state index in [1.54, 1.807) is 7.11 Å². The zero-order valence-corrected chi connectivity index (χ0v) is 12.3. The molecule has 0 unspecified atom stereocenters. The Morgan fingerprint density at radius 1 is 1.42 bits per heavy atom. The summed E-state index contributed by atoms with van der Waals surface area (Å²) in [6.07, 6.45) is 5.21. The van der Waals surface area contributed by atoms with Crippen LogP contribution >= 0.6 is 12.2 Å². The molecule has 1 heterocycles. The van der Waals surface area contributed by atoms with E-state index >= 15 is 0 Å². The van der Waals surface area contributed by atoms with Crippen LogP contribution in [0.5, 0.6) is 5.75 Å². The van der Waals surface area contributed by atoms with E-state index in [2.05, 4.69) is 22.5 Å². The molecule has 2 aromatic rings. The SMILES string of the molecule is CCCC1(Cn2c(=S)[nH]c3ccc(OC)cc32)CC1. The largest absolute Gasteiger partial charge is 0.497 e. The average Bonchev–Trinajstić information content (AvgIpc) is 3.10. The standard InChI is InChI=1S/C15H20N2OS/c1-3-6-15(7-8-15)10-17-13-9-11(18-2)4-5-12(13)16-14(17)19/h4-5,9H,3,6-8,10H2,1-2H3,(H,16,19). The summed E-state index contributed by atoms with van der Waals surface area (Å²) in [5, 5.41) is 0. The number of aromatic amines is 1. The van der Waals surface area contributed by atoms with Gasteiger partial charge in [0.15, 0.2) is 4.77 Å². The first-order valence-electron chi connectivity index (χ1n) is 6.94. The highest BCUT2D eigenvalue weighted by Gasteiger charge is 2.42. The first kappa shape index (κ1) is 12.7.